The first-order valence-electron chi connectivity index (χ1n) is 6.37. The van der Waals surface area contributed by atoms with Crippen LogP contribution in [0.4, 0.5) is 10.5 Å². The van der Waals surface area contributed by atoms with Crippen molar-refractivity contribution in [1.29, 1.82) is 0 Å². The average molecular weight is 293 g/mol. The fourth-order valence-electron chi connectivity index (χ4n) is 1.50. The largest absolute Gasteiger partial charge is 0.442 e. The fraction of sp³-hybridized carbons (Fsp3) is 0.429. The Morgan fingerprint density at radius 2 is 2.00 bits per heavy atom. The van der Waals surface area contributed by atoms with Gasteiger partial charge in [0, 0.05) is 24.7 Å². The van der Waals surface area contributed by atoms with E-state index in [1.807, 2.05) is 0 Å². The van der Waals surface area contributed by atoms with Crippen molar-refractivity contribution in [3.8, 4) is 0 Å². The van der Waals surface area contributed by atoms with Crippen molar-refractivity contribution in [2.45, 2.75) is 33.3 Å². The van der Waals surface area contributed by atoms with E-state index < -0.39 is 16.6 Å². The molecule has 7 heteroatoms. The standard InChI is InChI=1S/C14H19N3O4/c1-10(11-7-6-8-12(9-11)17(19)20)15-16(5)13(18)21-14(2,3)4/h6-9H,1-5H3/b15-10-. The third-order valence-corrected chi connectivity index (χ3v) is 2.43. The number of rotatable bonds is 3. The lowest BCUT2D eigenvalue weighted by atomic mass is 10.1. The zero-order valence-corrected chi connectivity index (χ0v) is 12.8. The molecular formula is C14H19N3O4. The summed E-state index contributed by atoms with van der Waals surface area (Å²) < 4.78 is 5.17. The molecule has 1 aromatic carbocycles. The van der Waals surface area contributed by atoms with Gasteiger partial charge in [-0.25, -0.2) is 9.80 Å². The number of hydrazone groups is 1. The molecule has 0 aromatic heterocycles. The van der Waals surface area contributed by atoms with Crippen molar-refractivity contribution in [3.63, 3.8) is 0 Å². The highest BCUT2D eigenvalue weighted by molar-refractivity contribution is 5.99. The maximum absolute atomic E-state index is 11.8. The maximum atomic E-state index is 11.8. The second-order valence-corrected chi connectivity index (χ2v) is 5.50. The summed E-state index contributed by atoms with van der Waals surface area (Å²) in [4.78, 5) is 22.1. The highest BCUT2D eigenvalue weighted by Gasteiger charge is 2.19. The summed E-state index contributed by atoms with van der Waals surface area (Å²) >= 11 is 0. The predicted molar refractivity (Wildman–Crippen MR) is 79.3 cm³/mol. The number of carbonyl (C=O) groups excluding carboxylic acids is 1. The van der Waals surface area contributed by atoms with Crippen LogP contribution in [0.25, 0.3) is 0 Å². The summed E-state index contributed by atoms with van der Waals surface area (Å²) in [6, 6.07) is 6.06. The van der Waals surface area contributed by atoms with Crippen LogP contribution in [0.15, 0.2) is 29.4 Å². The summed E-state index contributed by atoms with van der Waals surface area (Å²) in [5, 5.41) is 15.9. The molecule has 114 valence electrons. The van der Waals surface area contributed by atoms with Crippen molar-refractivity contribution in [3.05, 3.63) is 39.9 Å². The molecule has 0 aliphatic carbocycles. The second kappa shape index (κ2) is 6.34. The Morgan fingerprint density at radius 3 is 2.52 bits per heavy atom. The topological polar surface area (TPSA) is 85.0 Å². The molecule has 0 aliphatic heterocycles. The van der Waals surface area contributed by atoms with Gasteiger partial charge in [0.25, 0.3) is 5.69 Å². The third-order valence-electron chi connectivity index (χ3n) is 2.43. The van der Waals surface area contributed by atoms with Crippen molar-refractivity contribution < 1.29 is 14.5 Å². The van der Waals surface area contributed by atoms with Gasteiger partial charge >= 0.3 is 6.09 Å². The molecule has 1 aromatic rings. The smallest absolute Gasteiger partial charge is 0.430 e. The van der Waals surface area contributed by atoms with Crippen LogP contribution in [0.3, 0.4) is 0 Å². The Hall–Kier alpha value is -2.44. The van der Waals surface area contributed by atoms with Gasteiger partial charge in [0.2, 0.25) is 0 Å². The van der Waals surface area contributed by atoms with Gasteiger partial charge in [-0.1, -0.05) is 12.1 Å². The lowest BCUT2D eigenvalue weighted by Crippen LogP contribution is -2.31. The van der Waals surface area contributed by atoms with E-state index in [2.05, 4.69) is 5.10 Å². The fourth-order valence-corrected chi connectivity index (χ4v) is 1.50. The number of amides is 1. The highest BCUT2D eigenvalue weighted by Crippen LogP contribution is 2.15. The zero-order valence-electron chi connectivity index (χ0n) is 12.8. The Balaban J connectivity index is 2.91. The van der Waals surface area contributed by atoms with E-state index in [1.165, 1.54) is 19.2 Å². The van der Waals surface area contributed by atoms with Gasteiger partial charge in [0.1, 0.15) is 5.60 Å². The molecule has 21 heavy (non-hydrogen) atoms. The van der Waals surface area contributed by atoms with Crippen LogP contribution >= 0.6 is 0 Å². The van der Waals surface area contributed by atoms with Crippen LogP contribution in [-0.2, 0) is 4.74 Å². The maximum Gasteiger partial charge on any atom is 0.430 e. The number of nitro benzene ring substituents is 1. The number of hydrogen-bond donors (Lipinski definition) is 0. The van der Waals surface area contributed by atoms with Crippen molar-refractivity contribution in [2.24, 2.45) is 5.10 Å². The number of hydrogen-bond acceptors (Lipinski definition) is 5. The SMILES string of the molecule is C/C(=N/N(C)C(=O)OC(C)(C)C)c1cccc([N+](=O)[O-])c1. The van der Waals surface area contributed by atoms with E-state index in [4.69, 9.17) is 4.74 Å². The monoisotopic (exact) mass is 293 g/mol. The minimum atomic E-state index is -0.611. The number of nitrogens with zero attached hydrogens (tertiary/aromatic N) is 3. The molecule has 1 amide bonds. The van der Waals surface area contributed by atoms with Crippen LogP contribution in [0.5, 0.6) is 0 Å². The molecule has 0 spiro atoms. The van der Waals surface area contributed by atoms with Crippen LogP contribution in [0.2, 0.25) is 0 Å². The van der Waals surface area contributed by atoms with Crippen LogP contribution in [0, 0.1) is 10.1 Å². The second-order valence-electron chi connectivity index (χ2n) is 5.50. The van der Waals surface area contributed by atoms with E-state index in [-0.39, 0.29) is 5.69 Å². The molecule has 0 radical (unpaired) electrons. The first kappa shape index (κ1) is 16.6. The molecule has 0 saturated carbocycles. The van der Waals surface area contributed by atoms with E-state index in [1.54, 1.807) is 39.8 Å². The molecule has 0 atom stereocenters. The van der Waals surface area contributed by atoms with Crippen LogP contribution in [-0.4, -0.2) is 34.4 Å². The molecule has 0 saturated heterocycles. The number of ether oxygens (including phenoxy) is 1. The molecule has 0 heterocycles. The van der Waals surface area contributed by atoms with Crippen molar-refractivity contribution in [1.82, 2.24) is 5.01 Å². The molecule has 0 aliphatic rings. The van der Waals surface area contributed by atoms with Gasteiger partial charge in [-0.3, -0.25) is 10.1 Å². The van der Waals surface area contributed by atoms with E-state index in [0.29, 0.717) is 11.3 Å². The van der Waals surface area contributed by atoms with Crippen LogP contribution < -0.4 is 0 Å². The van der Waals surface area contributed by atoms with Gasteiger partial charge in [0.15, 0.2) is 0 Å². The molecule has 0 fully saturated rings. The predicted octanol–water partition coefficient (Wildman–Crippen LogP) is 3.19. The molecule has 7 nitrogen and oxygen atoms in total. The lowest BCUT2D eigenvalue weighted by Gasteiger charge is -2.22. The van der Waals surface area contributed by atoms with E-state index in [9.17, 15) is 14.9 Å². The molecule has 0 unspecified atom stereocenters. The van der Waals surface area contributed by atoms with Gasteiger partial charge in [-0.05, 0) is 27.7 Å². The summed E-state index contributed by atoms with van der Waals surface area (Å²) in [7, 11) is 1.47. The minimum Gasteiger partial charge on any atom is -0.442 e. The highest BCUT2D eigenvalue weighted by atomic mass is 16.6. The molecule has 0 bridgehead atoms. The Labute approximate surface area is 123 Å². The molecule has 0 N–H and O–H groups in total. The first-order chi connectivity index (χ1) is 9.60. The van der Waals surface area contributed by atoms with E-state index in [0.717, 1.165) is 5.01 Å². The Morgan fingerprint density at radius 1 is 1.38 bits per heavy atom. The van der Waals surface area contributed by atoms with E-state index >= 15 is 0 Å². The Bertz CT molecular complexity index is 576. The van der Waals surface area contributed by atoms with Gasteiger partial charge in [-0.2, -0.15) is 5.10 Å². The summed E-state index contributed by atoms with van der Waals surface area (Å²) in [5.41, 5.74) is 0.411. The quantitative estimate of drug-likeness (QED) is 0.486. The van der Waals surface area contributed by atoms with Crippen molar-refractivity contribution in [2.75, 3.05) is 7.05 Å². The summed E-state index contributed by atoms with van der Waals surface area (Å²) in [6.45, 7) is 6.95. The number of carbonyl (C=O) groups is 1. The summed E-state index contributed by atoms with van der Waals surface area (Å²) in [6.07, 6.45) is -0.590. The Kier molecular flexibility index (Phi) is 5.02. The van der Waals surface area contributed by atoms with Crippen molar-refractivity contribution >= 4 is 17.5 Å². The average Bonchev–Trinajstić information content (AvgIpc) is 2.36. The summed E-state index contributed by atoms with van der Waals surface area (Å²) in [5.74, 6) is 0. The molecule has 1 rings (SSSR count). The van der Waals surface area contributed by atoms with Gasteiger partial charge < -0.3 is 4.74 Å². The van der Waals surface area contributed by atoms with Crippen LogP contribution in [0.1, 0.15) is 33.3 Å². The number of non-ortho nitro benzene ring substituents is 1. The minimum absolute atomic E-state index is 0.0260. The first-order valence-corrected chi connectivity index (χ1v) is 6.37. The zero-order chi connectivity index (χ0) is 16.2. The third kappa shape index (κ3) is 5.21. The van der Waals surface area contributed by atoms with Gasteiger partial charge in [-0.15, -0.1) is 0 Å². The lowest BCUT2D eigenvalue weighted by molar-refractivity contribution is -0.384. The normalized spacial score (nSPS) is 12.0. The molecular weight excluding hydrogens is 274 g/mol. The number of benzene rings is 1. The number of nitro groups is 1. The van der Waals surface area contributed by atoms with Gasteiger partial charge in [0.05, 0.1) is 10.6 Å².